The summed E-state index contributed by atoms with van der Waals surface area (Å²) in [6, 6.07) is 5.20. The molecule has 1 saturated carbocycles. The number of halogens is 1. The van der Waals surface area contributed by atoms with Crippen molar-refractivity contribution in [2.24, 2.45) is 11.7 Å². The summed E-state index contributed by atoms with van der Waals surface area (Å²) in [6.07, 6.45) is 5.78. The summed E-state index contributed by atoms with van der Waals surface area (Å²) in [5.74, 6) is 0.168. The van der Waals surface area contributed by atoms with Crippen molar-refractivity contribution in [2.75, 3.05) is 11.9 Å². The standard InChI is InChI=1S/C18H23N3O3S.ClH/c1-11-9-15(21-17(22)14-7-4-8-24-14)25-16(11)18(23)20-13-6-3-2-5-12(13)10-19;/h4,7-9,12-13H,2-3,5-6,10,19H2,1H3,(H,20,23)(H,21,22);1H. The molecule has 2 aromatic rings. The molecule has 0 bridgehead atoms. The molecular weight excluding hydrogens is 374 g/mol. The molecule has 2 amide bonds. The normalized spacial score (nSPS) is 19.5. The van der Waals surface area contributed by atoms with Crippen LogP contribution >= 0.6 is 23.7 Å². The van der Waals surface area contributed by atoms with E-state index in [-0.39, 0.29) is 36.0 Å². The van der Waals surface area contributed by atoms with Crippen molar-refractivity contribution in [3.05, 3.63) is 40.7 Å². The lowest BCUT2D eigenvalue weighted by Gasteiger charge is -2.31. The molecule has 2 aromatic heterocycles. The van der Waals surface area contributed by atoms with Crippen LogP contribution in [-0.4, -0.2) is 24.4 Å². The molecule has 2 atom stereocenters. The Morgan fingerprint density at radius 1 is 1.31 bits per heavy atom. The van der Waals surface area contributed by atoms with Gasteiger partial charge in [-0.2, -0.15) is 0 Å². The van der Waals surface area contributed by atoms with Crippen molar-refractivity contribution >= 4 is 40.6 Å². The number of hydrogen-bond acceptors (Lipinski definition) is 5. The molecule has 1 fully saturated rings. The second kappa shape index (κ2) is 9.21. The molecule has 1 aliphatic rings. The van der Waals surface area contributed by atoms with Crippen LogP contribution in [0.3, 0.4) is 0 Å². The van der Waals surface area contributed by atoms with E-state index in [1.54, 1.807) is 12.1 Å². The maximum Gasteiger partial charge on any atom is 0.291 e. The first-order valence-electron chi connectivity index (χ1n) is 8.54. The highest BCUT2D eigenvalue weighted by atomic mass is 35.5. The number of rotatable bonds is 5. The molecule has 4 N–H and O–H groups in total. The number of hydrogen-bond donors (Lipinski definition) is 3. The van der Waals surface area contributed by atoms with Crippen molar-refractivity contribution in [3.8, 4) is 0 Å². The third-order valence-electron chi connectivity index (χ3n) is 4.63. The monoisotopic (exact) mass is 397 g/mol. The summed E-state index contributed by atoms with van der Waals surface area (Å²) in [5, 5.41) is 6.53. The Morgan fingerprint density at radius 3 is 2.77 bits per heavy atom. The number of carbonyl (C=O) groups excluding carboxylic acids is 2. The molecule has 0 saturated heterocycles. The molecule has 6 nitrogen and oxygen atoms in total. The first-order chi connectivity index (χ1) is 12.1. The Bertz CT molecular complexity index is 745. The predicted octanol–water partition coefficient (Wildman–Crippen LogP) is 3.57. The molecule has 8 heteroatoms. The number of nitrogens with two attached hydrogens (primary N) is 1. The number of aryl methyl sites for hydroxylation is 1. The number of anilines is 1. The van der Waals surface area contributed by atoms with E-state index < -0.39 is 0 Å². The van der Waals surface area contributed by atoms with E-state index in [0.29, 0.717) is 22.3 Å². The minimum Gasteiger partial charge on any atom is -0.459 e. The van der Waals surface area contributed by atoms with Gasteiger partial charge in [0.1, 0.15) is 0 Å². The van der Waals surface area contributed by atoms with Crippen molar-refractivity contribution < 1.29 is 14.0 Å². The first-order valence-corrected chi connectivity index (χ1v) is 9.36. The van der Waals surface area contributed by atoms with Gasteiger partial charge in [-0.1, -0.05) is 12.8 Å². The molecule has 1 aliphatic carbocycles. The zero-order valence-electron chi connectivity index (χ0n) is 14.6. The van der Waals surface area contributed by atoms with Gasteiger partial charge in [0.15, 0.2) is 5.76 Å². The largest absolute Gasteiger partial charge is 0.459 e. The number of furan rings is 1. The van der Waals surface area contributed by atoms with Crippen molar-refractivity contribution in [2.45, 2.75) is 38.6 Å². The third-order valence-corrected chi connectivity index (χ3v) is 5.79. The Hall–Kier alpha value is -1.83. The zero-order valence-corrected chi connectivity index (χ0v) is 16.3. The molecule has 0 aliphatic heterocycles. The van der Waals surface area contributed by atoms with Crippen molar-refractivity contribution in [3.63, 3.8) is 0 Å². The number of carbonyl (C=O) groups is 2. The van der Waals surface area contributed by atoms with Gasteiger partial charge in [0.2, 0.25) is 0 Å². The summed E-state index contributed by atoms with van der Waals surface area (Å²) in [5.41, 5.74) is 6.68. The highest BCUT2D eigenvalue weighted by molar-refractivity contribution is 7.18. The van der Waals surface area contributed by atoms with Crippen LogP contribution in [0, 0.1) is 12.8 Å². The molecule has 3 rings (SSSR count). The highest BCUT2D eigenvalue weighted by Gasteiger charge is 2.27. The fraction of sp³-hybridized carbons (Fsp3) is 0.444. The molecule has 0 aromatic carbocycles. The quantitative estimate of drug-likeness (QED) is 0.718. The molecule has 26 heavy (non-hydrogen) atoms. The summed E-state index contributed by atoms with van der Waals surface area (Å²) in [7, 11) is 0. The van der Waals surface area contributed by atoms with E-state index >= 15 is 0 Å². The average molecular weight is 398 g/mol. The van der Waals surface area contributed by atoms with Gasteiger partial charge in [0.05, 0.1) is 16.1 Å². The number of nitrogens with one attached hydrogen (secondary N) is 2. The third kappa shape index (κ3) is 4.66. The summed E-state index contributed by atoms with van der Waals surface area (Å²) < 4.78 is 5.08. The molecule has 0 spiro atoms. The van der Waals surface area contributed by atoms with E-state index in [4.69, 9.17) is 10.2 Å². The van der Waals surface area contributed by atoms with Crippen LogP contribution in [0.15, 0.2) is 28.9 Å². The van der Waals surface area contributed by atoms with E-state index in [0.717, 1.165) is 24.8 Å². The highest BCUT2D eigenvalue weighted by Crippen LogP contribution is 2.29. The van der Waals surface area contributed by atoms with E-state index in [1.165, 1.54) is 24.0 Å². The van der Waals surface area contributed by atoms with Gasteiger partial charge in [-0.3, -0.25) is 9.59 Å². The zero-order chi connectivity index (χ0) is 17.8. The second-order valence-corrected chi connectivity index (χ2v) is 7.47. The van der Waals surface area contributed by atoms with Gasteiger partial charge >= 0.3 is 0 Å². The predicted molar refractivity (Wildman–Crippen MR) is 105 cm³/mol. The maximum atomic E-state index is 12.7. The van der Waals surface area contributed by atoms with E-state index in [1.807, 2.05) is 13.0 Å². The lowest BCUT2D eigenvalue weighted by molar-refractivity contribution is 0.0911. The van der Waals surface area contributed by atoms with Gasteiger partial charge in [-0.25, -0.2) is 0 Å². The summed E-state index contributed by atoms with van der Waals surface area (Å²) >= 11 is 1.27. The number of thiophene rings is 1. The minimum atomic E-state index is -0.325. The Labute approximate surface area is 162 Å². The van der Waals surface area contributed by atoms with Gasteiger partial charge in [0, 0.05) is 6.04 Å². The topological polar surface area (TPSA) is 97.4 Å². The molecular formula is C18H24ClN3O3S. The maximum absolute atomic E-state index is 12.7. The molecule has 2 unspecified atom stereocenters. The van der Waals surface area contributed by atoms with Crippen LogP contribution in [0.25, 0.3) is 0 Å². The Kier molecular flexibility index (Phi) is 7.25. The summed E-state index contributed by atoms with van der Waals surface area (Å²) in [4.78, 5) is 25.3. The fourth-order valence-corrected chi connectivity index (χ4v) is 4.23. The van der Waals surface area contributed by atoms with Gasteiger partial charge < -0.3 is 20.8 Å². The minimum absolute atomic E-state index is 0. The van der Waals surface area contributed by atoms with Crippen LogP contribution in [-0.2, 0) is 0 Å². The first kappa shape index (κ1) is 20.5. The lowest BCUT2D eigenvalue weighted by atomic mass is 9.84. The molecule has 142 valence electrons. The molecule has 0 radical (unpaired) electrons. The van der Waals surface area contributed by atoms with Crippen LogP contribution in [0.4, 0.5) is 5.00 Å². The fourth-order valence-electron chi connectivity index (χ4n) is 3.26. The lowest BCUT2D eigenvalue weighted by Crippen LogP contribution is -2.44. The van der Waals surface area contributed by atoms with Crippen molar-refractivity contribution in [1.29, 1.82) is 0 Å². The van der Waals surface area contributed by atoms with E-state index in [9.17, 15) is 9.59 Å². The van der Waals surface area contributed by atoms with Gasteiger partial charge in [0.25, 0.3) is 11.8 Å². The smallest absolute Gasteiger partial charge is 0.291 e. The van der Waals surface area contributed by atoms with Crippen LogP contribution in [0.2, 0.25) is 0 Å². The molecule has 2 heterocycles. The van der Waals surface area contributed by atoms with Crippen molar-refractivity contribution in [1.82, 2.24) is 5.32 Å². The Balaban J connectivity index is 0.00000243. The van der Waals surface area contributed by atoms with E-state index in [2.05, 4.69) is 10.6 Å². The second-order valence-electron chi connectivity index (χ2n) is 6.41. The summed E-state index contributed by atoms with van der Waals surface area (Å²) in [6.45, 7) is 2.47. The SMILES string of the molecule is Cc1cc(NC(=O)c2ccco2)sc1C(=O)NC1CCCCC1CN.Cl. The van der Waals surface area contributed by atoms with Crippen LogP contribution < -0.4 is 16.4 Å². The van der Waals surface area contributed by atoms with Crippen LogP contribution in [0.5, 0.6) is 0 Å². The Morgan fingerprint density at radius 2 is 2.08 bits per heavy atom. The average Bonchev–Trinajstić information content (AvgIpc) is 3.25. The van der Waals surface area contributed by atoms with Crippen LogP contribution in [0.1, 0.15) is 51.5 Å². The number of amides is 2. The van der Waals surface area contributed by atoms with Gasteiger partial charge in [-0.05, 0) is 56.0 Å². The van der Waals surface area contributed by atoms with Gasteiger partial charge in [-0.15, -0.1) is 23.7 Å².